The zero-order chi connectivity index (χ0) is 28.2. The zero-order valence-corrected chi connectivity index (χ0v) is 21.8. The largest absolute Gasteiger partial charge is 0.435 e. The van der Waals surface area contributed by atoms with Gasteiger partial charge in [-0.2, -0.15) is 23.5 Å². The summed E-state index contributed by atoms with van der Waals surface area (Å²) in [5.74, 6) is -0.767. The molecule has 6 nitrogen and oxygen atoms in total. The van der Waals surface area contributed by atoms with E-state index in [0.29, 0.717) is 11.8 Å². The van der Waals surface area contributed by atoms with Crippen molar-refractivity contribution in [3.8, 4) is 11.8 Å². The first-order valence-electron chi connectivity index (χ1n) is 12.3. The van der Waals surface area contributed by atoms with E-state index in [1.807, 2.05) is 42.5 Å². The number of aromatic nitrogens is 2. The van der Waals surface area contributed by atoms with Crippen LogP contribution in [0.3, 0.4) is 0 Å². The monoisotopic (exact) mass is 531 g/mol. The Morgan fingerprint density at radius 3 is 2.31 bits per heavy atom. The van der Waals surface area contributed by atoms with Crippen LogP contribution in [-0.4, -0.2) is 22.2 Å². The van der Waals surface area contributed by atoms with Crippen molar-refractivity contribution in [2.24, 2.45) is 5.41 Å². The molecule has 0 bridgehead atoms. The molecule has 0 aliphatic carbocycles. The molecule has 3 aromatic carbocycles. The third kappa shape index (κ3) is 6.92. The van der Waals surface area contributed by atoms with Crippen LogP contribution < -0.4 is 10.6 Å². The van der Waals surface area contributed by atoms with E-state index in [0.717, 1.165) is 22.4 Å². The lowest BCUT2D eigenvalue weighted by Gasteiger charge is -2.26. The van der Waals surface area contributed by atoms with Crippen molar-refractivity contribution in [3.05, 3.63) is 113 Å². The molecule has 1 amide bonds. The molecule has 4 rings (SSSR count). The van der Waals surface area contributed by atoms with Gasteiger partial charge in [0, 0.05) is 18.3 Å². The summed E-state index contributed by atoms with van der Waals surface area (Å²) < 4.78 is 41.5. The number of alkyl halides is 3. The lowest BCUT2D eigenvalue weighted by atomic mass is 9.93. The van der Waals surface area contributed by atoms with Crippen molar-refractivity contribution in [2.45, 2.75) is 33.0 Å². The summed E-state index contributed by atoms with van der Waals surface area (Å²) in [7, 11) is 0. The molecule has 0 fully saturated rings. The minimum atomic E-state index is -4.76. The van der Waals surface area contributed by atoms with Crippen molar-refractivity contribution in [1.29, 1.82) is 5.26 Å². The number of benzene rings is 3. The lowest BCUT2D eigenvalue weighted by Crippen LogP contribution is -2.31. The van der Waals surface area contributed by atoms with Crippen LogP contribution in [0, 0.1) is 16.7 Å². The molecule has 0 spiro atoms. The van der Waals surface area contributed by atoms with Gasteiger partial charge in [0.1, 0.15) is 5.69 Å². The predicted octanol–water partition coefficient (Wildman–Crippen LogP) is 6.74. The fourth-order valence-electron chi connectivity index (χ4n) is 4.06. The molecule has 1 atom stereocenters. The van der Waals surface area contributed by atoms with E-state index in [9.17, 15) is 23.2 Å². The van der Waals surface area contributed by atoms with E-state index >= 15 is 0 Å². The fraction of sp³-hybridized carbons (Fsp3) is 0.233. The summed E-state index contributed by atoms with van der Waals surface area (Å²) in [4.78, 5) is 13.3. The van der Waals surface area contributed by atoms with E-state index in [1.54, 1.807) is 18.2 Å². The highest BCUT2D eigenvalue weighted by Crippen LogP contribution is 2.31. The van der Waals surface area contributed by atoms with E-state index < -0.39 is 17.8 Å². The Kier molecular flexibility index (Phi) is 7.88. The molecular weight excluding hydrogens is 503 g/mol. The molecule has 39 heavy (non-hydrogen) atoms. The smallest absolute Gasteiger partial charge is 0.321 e. The summed E-state index contributed by atoms with van der Waals surface area (Å²) in [6.45, 7) is 7.11. The van der Waals surface area contributed by atoms with Crippen LogP contribution in [0.1, 0.15) is 59.7 Å². The van der Waals surface area contributed by atoms with Crippen LogP contribution in [0.25, 0.3) is 5.69 Å². The van der Waals surface area contributed by atoms with E-state index in [4.69, 9.17) is 0 Å². The molecule has 200 valence electrons. The molecule has 1 aromatic heterocycles. The van der Waals surface area contributed by atoms with Crippen LogP contribution in [-0.2, 0) is 6.18 Å². The van der Waals surface area contributed by atoms with Crippen LogP contribution in [0.2, 0.25) is 0 Å². The molecule has 9 heteroatoms. The van der Waals surface area contributed by atoms with Gasteiger partial charge in [-0.25, -0.2) is 4.68 Å². The van der Waals surface area contributed by atoms with Crippen LogP contribution in [0.5, 0.6) is 0 Å². The first-order chi connectivity index (χ1) is 18.4. The first kappa shape index (κ1) is 27.6. The third-order valence-corrected chi connectivity index (χ3v) is 5.90. The molecule has 0 saturated carbocycles. The predicted molar refractivity (Wildman–Crippen MR) is 143 cm³/mol. The highest BCUT2D eigenvalue weighted by atomic mass is 19.4. The fourth-order valence-corrected chi connectivity index (χ4v) is 4.06. The Morgan fingerprint density at radius 1 is 0.949 bits per heavy atom. The molecule has 0 saturated heterocycles. The highest BCUT2D eigenvalue weighted by molar-refractivity contribution is 6.03. The Labute approximate surface area is 225 Å². The summed E-state index contributed by atoms with van der Waals surface area (Å²) in [5, 5.41) is 19.2. The molecule has 0 aliphatic heterocycles. The van der Waals surface area contributed by atoms with Crippen LogP contribution in [0.4, 0.5) is 18.9 Å². The van der Waals surface area contributed by atoms with Gasteiger partial charge >= 0.3 is 6.18 Å². The number of nitrogens with one attached hydrogen (secondary N) is 2. The van der Waals surface area contributed by atoms with E-state index in [2.05, 4.69) is 36.5 Å². The van der Waals surface area contributed by atoms with Crippen molar-refractivity contribution in [3.63, 3.8) is 0 Å². The third-order valence-electron chi connectivity index (χ3n) is 5.90. The lowest BCUT2D eigenvalue weighted by molar-refractivity contribution is -0.141. The standard InChI is InChI=1S/C30H28F3N5O/c1-29(2,3)19-35-27(21-10-5-4-6-11-21)22-12-8-13-23(16-22)36-28(39)25-17-26(30(31,32)33)37-38(25)24-14-7-9-20(15-24)18-34/h4-17,27,35H,19H2,1-3H3,(H,36,39). The molecule has 4 aromatic rings. The van der Waals surface area contributed by atoms with Crippen LogP contribution in [0.15, 0.2) is 84.9 Å². The number of hydrogen-bond donors (Lipinski definition) is 2. The number of carbonyl (C=O) groups is 1. The average molecular weight is 532 g/mol. The quantitative estimate of drug-likeness (QED) is 0.277. The maximum Gasteiger partial charge on any atom is 0.435 e. The van der Waals surface area contributed by atoms with Gasteiger partial charge < -0.3 is 10.6 Å². The Morgan fingerprint density at radius 2 is 1.64 bits per heavy atom. The van der Waals surface area contributed by atoms with Gasteiger partial charge in [0.05, 0.1) is 23.4 Å². The van der Waals surface area contributed by atoms with E-state index in [1.165, 1.54) is 24.3 Å². The second kappa shape index (κ2) is 11.1. The second-order valence-corrected chi connectivity index (χ2v) is 10.4. The highest BCUT2D eigenvalue weighted by Gasteiger charge is 2.36. The Hall–Kier alpha value is -4.42. The maximum absolute atomic E-state index is 13.5. The number of nitrogens with zero attached hydrogens (tertiary/aromatic N) is 3. The van der Waals surface area contributed by atoms with Crippen LogP contribution >= 0.6 is 0 Å². The molecule has 1 unspecified atom stereocenters. The normalized spacial score (nSPS) is 12.5. The number of anilines is 1. The van der Waals surface area contributed by atoms with Crippen molar-refractivity contribution in [1.82, 2.24) is 15.1 Å². The van der Waals surface area contributed by atoms with Gasteiger partial charge in [0.25, 0.3) is 5.91 Å². The number of carbonyl (C=O) groups excluding carboxylic acids is 1. The number of hydrogen-bond acceptors (Lipinski definition) is 4. The summed E-state index contributed by atoms with van der Waals surface area (Å²) >= 11 is 0. The van der Waals surface area contributed by atoms with Gasteiger partial charge in [-0.3, -0.25) is 4.79 Å². The minimum absolute atomic E-state index is 0.0241. The summed E-state index contributed by atoms with van der Waals surface area (Å²) in [6.07, 6.45) is -4.76. The Bertz CT molecular complexity index is 1500. The number of amides is 1. The van der Waals surface area contributed by atoms with Gasteiger partial charge in [-0.05, 0) is 46.9 Å². The maximum atomic E-state index is 13.5. The molecule has 1 heterocycles. The minimum Gasteiger partial charge on any atom is -0.321 e. The summed E-state index contributed by atoms with van der Waals surface area (Å²) in [6, 6.07) is 25.4. The number of halogens is 3. The SMILES string of the molecule is CC(C)(C)CNC(c1ccccc1)c1cccc(NC(=O)c2cc(C(F)(F)F)nn2-c2cccc(C#N)c2)c1. The molecule has 0 aliphatic rings. The van der Waals surface area contributed by atoms with Gasteiger partial charge in [0.2, 0.25) is 0 Å². The van der Waals surface area contributed by atoms with Crippen molar-refractivity contribution >= 4 is 11.6 Å². The molecule has 0 radical (unpaired) electrons. The Balaban J connectivity index is 1.67. The second-order valence-electron chi connectivity index (χ2n) is 10.4. The molecule has 2 N–H and O–H groups in total. The average Bonchev–Trinajstić information content (AvgIpc) is 3.36. The number of rotatable bonds is 7. The van der Waals surface area contributed by atoms with Gasteiger partial charge in [-0.1, -0.05) is 69.3 Å². The zero-order valence-electron chi connectivity index (χ0n) is 21.8. The topological polar surface area (TPSA) is 82.7 Å². The van der Waals surface area contributed by atoms with Crippen molar-refractivity contribution in [2.75, 3.05) is 11.9 Å². The molecular formula is C30H28F3N5O. The number of nitriles is 1. The first-order valence-corrected chi connectivity index (χ1v) is 12.3. The van der Waals surface area contributed by atoms with Crippen molar-refractivity contribution < 1.29 is 18.0 Å². The van der Waals surface area contributed by atoms with Gasteiger partial charge in [0.15, 0.2) is 5.69 Å². The summed E-state index contributed by atoms with van der Waals surface area (Å²) in [5.41, 5.74) is 1.24. The van der Waals surface area contributed by atoms with Gasteiger partial charge in [-0.15, -0.1) is 0 Å². The van der Waals surface area contributed by atoms with E-state index in [-0.39, 0.29) is 28.4 Å².